The van der Waals surface area contributed by atoms with Gasteiger partial charge in [-0.2, -0.15) is 0 Å². The second kappa shape index (κ2) is 5.21. The zero-order valence-corrected chi connectivity index (χ0v) is 13.4. The van der Waals surface area contributed by atoms with E-state index in [0.717, 1.165) is 17.3 Å². The number of anilines is 1. The van der Waals surface area contributed by atoms with E-state index in [9.17, 15) is 14.7 Å². The monoisotopic (exact) mass is 351 g/mol. The summed E-state index contributed by atoms with van der Waals surface area (Å²) in [5, 5.41) is 13.8. The van der Waals surface area contributed by atoms with Crippen molar-refractivity contribution in [2.45, 2.75) is 38.2 Å². The summed E-state index contributed by atoms with van der Waals surface area (Å²) in [5.41, 5.74) is -0.626. The molecule has 1 heterocycles. The van der Waals surface area contributed by atoms with E-state index in [1.54, 1.807) is 12.1 Å². The van der Waals surface area contributed by atoms with Gasteiger partial charge in [-0.1, -0.05) is 29.3 Å². The van der Waals surface area contributed by atoms with Gasteiger partial charge in [-0.3, -0.25) is 9.59 Å². The van der Waals surface area contributed by atoms with Crippen LogP contribution in [0.1, 0.15) is 38.2 Å². The van der Waals surface area contributed by atoms with E-state index in [1.807, 2.05) is 6.07 Å². The molecule has 2 aliphatic rings. The summed E-state index contributed by atoms with van der Waals surface area (Å²) >= 11 is 3.37. The van der Waals surface area contributed by atoms with Crippen molar-refractivity contribution in [2.24, 2.45) is 11.8 Å². The first kappa shape index (κ1) is 14.7. The first-order valence-corrected chi connectivity index (χ1v) is 8.12. The molecule has 1 saturated carbocycles. The maximum Gasteiger partial charge on any atom is 0.261 e. The smallest absolute Gasteiger partial charge is 0.261 e. The minimum Gasteiger partial charge on any atom is -0.375 e. The van der Waals surface area contributed by atoms with Gasteiger partial charge in [0.15, 0.2) is 5.60 Å². The number of Topliss-reactive ketones (excluding diaryl/α,β-unsaturated/α-hetero) is 1. The Kier molecular flexibility index (Phi) is 3.66. The average molecular weight is 352 g/mol. The predicted octanol–water partition coefficient (Wildman–Crippen LogP) is 2.98. The zero-order valence-electron chi connectivity index (χ0n) is 11.9. The van der Waals surface area contributed by atoms with Crippen molar-refractivity contribution in [3.8, 4) is 0 Å². The number of rotatable bonds is 2. The number of benzene rings is 1. The molecule has 0 saturated heterocycles. The molecule has 5 heteroatoms. The van der Waals surface area contributed by atoms with Gasteiger partial charge in [0.05, 0.1) is 5.92 Å². The quantitative estimate of drug-likeness (QED) is 0.860. The molecule has 1 amide bonds. The van der Waals surface area contributed by atoms with Crippen LogP contribution in [0.25, 0.3) is 0 Å². The van der Waals surface area contributed by atoms with Crippen LogP contribution in [-0.4, -0.2) is 16.8 Å². The summed E-state index contributed by atoms with van der Waals surface area (Å²) in [4.78, 5) is 24.7. The molecule has 1 fully saturated rings. The first-order chi connectivity index (χ1) is 9.96. The van der Waals surface area contributed by atoms with E-state index >= 15 is 0 Å². The van der Waals surface area contributed by atoms with Gasteiger partial charge in [0.25, 0.3) is 5.91 Å². The molecule has 1 aromatic rings. The summed E-state index contributed by atoms with van der Waals surface area (Å²) in [6.45, 7) is 2.08. The van der Waals surface area contributed by atoms with Crippen molar-refractivity contribution in [3.63, 3.8) is 0 Å². The summed E-state index contributed by atoms with van der Waals surface area (Å²) in [7, 11) is 0. The normalized spacial score (nSPS) is 32.0. The van der Waals surface area contributed by atoms with Crippen LogP contribution < -0.4 is 5.32 Å². The fraction of sp³-hybridized carbons (Fsp3) is 0.500. The first-order valence-electron chi connectivity index (χ1n) is 7.33. The molecule has 2 N–H and O–H groups in total. The largest absolute Gasteiger partial charge is 0.375 e. The number of nitrogens with one attached hydrogen (secondary N) is 1. The maximum atomic E-state index is 12.4. The molecule has 112 valence electrons. The SMILES string of the molecule is CCC1CCC(=O)C([C@@]2(O)C(=O)Nc3ccc(Br)cc32)C1. The van der Waals surface area contributed by atoms with E-state index in [0.29, 0.717) is 30.0 Å². The number of ketones is 1. The van der Waals surface area contributed by atoms with Crippen molar-refractivity contribution < 1.29 is 14.7 Å². The topological polar surface area (TPSA) is 66.4 Å². The Balaban J connectivity index is 2.05. The fourth-order valence-corrected chi connectivity index (χ4v) is 3.87. The van der Waals surface area contributed by atoms with Crippen LogP contribution in [0.15, 0.2) is 22.7 Å². The van der Waals surface area contributed by atoms with Crippen LogP contribution in [0.5, 0.6) is 0 Å². The van der Waals surface area contributed by atoms with Gasteiger partial charge in [0, 0.05) is 22.1 Å². The molecule has 0 spiro atoms. The molecular formula is C16H18BrNO3. The van der Waals surface area contributed by atoms with Crippen LogP contribution in [0, 0.1) is 11.8 Å². The number of hydrogen-bond donors (Lipinski definition) is 2. The van der Waals surface area contributed by atoms with Gasteiger partial charge < -0.3 is 10.4 Å². The molecule has 3 atom stereocenters. The molecule has 1 aliphatic carbocycles. The Hall–Kier alpha value is -1.20. The standard InChI is InChI=1S/C16H18BrNO3/c1-2-9-3-6-14(19)12(7-9)16(21)11-8-10(17)4-5-13(11)18-15(16)20/h4-5,8-9,12,21H,2-3,6-7H2,1H3,(H,18,20)/t9?,12?,16-/m1/s1. The predicted molar refractivity (Wildman–Crippen MR) is 82.8 cm³/mol. The Morgan fingerprint density at radius 1 is 1.43 bits per heavy atom. The number of aliphatic hydroxyl groups is 1. The lowest BCUT2D eigenvalue weighted by Gasteiger charge is -2.36. The molecule has 0 radical (unpaired) electrons. The lowest BCUT2D eigenvalue weighted by atomic mass is 9.69. The Bertz CT molecular complexity index is 616. The number of carbonyl (C=O) groups excluding carboxylic acids is 2. The van der Waals surface area contributed by atoms with Gasteiger partial charge in [-0.15, -0.1) is 0 Å². The molecule has 3 rings (SSSR count). The van der Waals surface area contributed by atoms with Crippen LogP contribution in [0.4, 0.5) is 5.69 Å². The van der Waals surface area contributed by atoms with Crippen molar-refractivity contribution in [3.05, 3.63) is 28.2 Å². The minimum atomic E-state index is -1.73. The highest BCUT2D eigenvalue weighted by Gasteiger charge is 2.54. The number of halogens is 1. The Morgan fingerprint density at radius 3 is 2.90 bits per heavy atom. The van der Waals surface area contributed by atoms with Crippen molar-refractivity contribution in [1.29, 1.82) is 0 Å². The van der Waals surface area contributed by atoms with E-state index in [2.05, 4.69) is 28.2 Å². The van der Waals surface area contributed by atoms with Crippen molar-refractivity contribution in [1.82, 2.24) is 0 Å². The second-order valence-corrected chi connectivity index (χ2v) is 6.89. The van der Waals surface area contributed by atoms with Gasteiger partial charge in [-0.05, 0) is 37.0 Å². The van der Waals surface area contributed by atoms with Gasteiger partial charge >= 0.3 is 0 Å². The third kappa shape index (κ3) is 2.23. The number of hydrogen-bond acceptors (Lipinski definition) is 3. The summed E-state index contributed by atoms with van der Waals surface area (Å²) < 4.78 is 0.784. The van der Waals surface area contributed by atoms with Crippen LogP contribution >= 0.6 is 15.9 Å². The zero-order chi connectivity index (χ0) is 15.2. The molecule has 0 bridgehead atoms. The lowest BCUT2D eigenvalue weighted by molar-refractivity contribution is -0.152. The summed E-state index contributed by atoms with van der Waals surface area (Å²) in [5.74, 6) is -0.747. The number of carbonyl (C=O) groups is 2. The molecule has 21 heavy (non-hydrogen) atoms. The Labute approximate surface area is 132 Å². The summed E-state index contributed by atoms with van der Waals surface area (Å²) in [6, 6.07) is 5.29. The van der Waals surface area contributed by atoms with Crippen molar-refractivity contribution in [2.75, 3.05) is 5.32 Å². The third-order valence-corrected chi connectivity index (χ3v) is 5.32. The highest BCUT2D eigenvalue weighted by Crippen LogP contribution is 2.47. The van der Waals surface area contributed by atoms with Gasteiger partial charge in [-0.25, -0.2) is 0 Å². The van der Waals surface area contributed by atoms with E-state index in [4.69, 9.17) is 0 Å². The molecule has 2 unspecified atom stereocenters. The van der Waals surface area contributed by atoms with Gasteiger partial charge in [0.1, 0.15) is 5.78 Å². The van der Waals surface area contributed by atoms with Crippen LogP contribution in [0.3, 0.4) is 0 Å². The van der Waals surface area contributed by atoms with E-state index in [-0.39, 0.29) is 5.78 Å². The molecule has 1 aromatic carbocycles. The highest BCUT2D eigenvalue weighted by molar-refractivity contribution is 9.10. The lowest BCUT2D eigenvalue weighted by Crippen LogP contribution is -2.47. The fourth-order valence-electron chi connectivity index (χ4n) is 3.50. The second-order valence-electron chi connectivity index (χ2n) is 5.98. The van der Waals surface area contributed by atoms with Crippen molar-refractivity contribution >= 4 is 33.3 Å². The van der Waals surface area contributed by atoms with Crippen LogP contribution in [0.2, 0.25) is 0 Å². The molecular weight excluding hydrogens is 334 g/mol. The third-order valence-electron chi connectivity index (χ3n) is 4.82. The molecule has 0 aromatic heterocycles. The molecule has 4 nitrogen and oxygen atoms in total. The average Bonchev–Trinajstić information content (AvgIpc) is 2.72. The number of fused-ring (bicyclic) bond motifs is 1. The van der Waals surface area contributed by atoms with Crippen LogP contribution in [-0.2, 0) is 15.2 Å². The summed E-state index contributed by atoms with van der Waals surface area (Å²) in [6.07, 6.45) is 2.84. The van der Waals surface area contributed by atoms with Gasteiger partial charge in [0.2, 0.25) is 0 Å². The minimum absolute atomic E-state index is 0.00910. The molecule has 1 aliphatic heterocycles. The highest BCUT2D eigenvalue weighted by atomic mass is 79.9. The Morgan fingerprint density at radius 2 is 2.19 bits per heavy atom. The number of amides is 1. The maximum absolute atomic E-state index is 12.4. The van der Waals surface area contributed by atoms with E-state index in [1.165, 1.54) is 0 Å². The van der Waals surface area contributed by atoms with E-state index < -0.39 is 17.4 Å².